The summed E-state index contributed by atoms with van der Waals surface area (Å²) in [6.07, 6.45) is 0.790. The number of carbonyl (C=O) groups excluding carboxylic acids is 1. The second-order valence-electron chi connectivity index (χ2n) is 6.13. The third-order valence-corrected chi connectivity index (χ3v) is 3.97. The highest BCUT2D eigenvalue weighted by Gasteiger charge is 2.10. The molecule has 0 aliphatic carbocycles. The molecule has 2 aromatic rings. The summed E-state index contributed by atoms with van der Waals surface area (Å²) in [6, 6.07) is 13.5. The van der Waals surface area contributed by atoms with Crippen molar-refractivity contribution in [1.82, 2.24) is 20.8 Å². The van der Waals surface area contributed by atoms with Crippen LogP contribution in [0.1, 0.15) is 11.3 Å². The van der Waals surface area contributed by atoms with Crippen LogP contribution in [0.15, 0.2) is 47.3 Å². The maximum Gasteiger partial charge on any atom is 0.274 e. The van der Waals surface area contributed by atoms with Crippen LogP contribution in [0.3, 0.4) is 0 Å². The number of aryl methyl sites for hydroxylation is 1. The molecule has 1 heterocycles. The Labute approximate surface area is 163 Å². The van der Waals surface area contributed by atoms with Crippen molar-refractivity contribution >= 4 is 17.6 Å². The standard InChI is InChI=1S/C19H25N6O3/c1-14-7-8-16(22-10-9-15-5-3-2-4-6-15)18(27)25(14)13-17(26)23-11-12-28-24-19(20)21/h2-8,22,24H,9-13,20H2,1H3,(H,23,26). The molecule has 149 valence electrons. The minimum Gasteiger partial charge on any atom is -0.380 e. The number of aromatic nitrogens is 1. The smallest absolute Gasteiger partial charge is 0.274 e. The molecule has 1 amide bonds. The van der Waals surface area contributed by atoms with Crippen molar-refractivity contribution in [3.8, 4) is 0 Å². The van der Waals surface area contributed by atoms with Gasteiger partial charge in [0.25, 0.3) is 5.56 Å². The first kappa shape index (κ1) is 21.0. The van der Waals surface area contributed by atoms with Gasteiger partial charge in [-0.1, -0.05) is 30.3 Å². The molecule has 0 aliphatic heterocycles. The highest BCUT2D eigenvalue weighted by Crippen LogP contribution is 2.05. The zero-order valence-corrected chi connectivity index (χ0v) is 15.8. The van der Waals surface area contributed by atoms with Crippen LogP contribution in [0.2, 0.25) is 0 Å². The topological polar surface area (TPSA) is 133 Å². The van der Waals surface area contributed by atoms with Gasteiger partial charge in [-0.2, -0.15) is 0 Å². The van der Waals surface area contributed by atoms with Gasteiger partial charge in [-0.05, 0) is 31.0 Å². The molecule has 1 aromatic heterocycles. The predicted molar refractivity (Wildman–Crippen MR) is 108 cm³/mol. The molecule has 0 atom stereocenters. The lowest BCUT2D eigenvalue weighted by atomic mass is 10.1. The fourth-order valence-electron chi connectivity index (χ4n) is 2.55. The van der Waals surface area contributed by atoms with E-state index >= 15 is 0 Å². The van der Waals surface area contributed by atoms with Gasteiger partial charge in [-0.25, -0.2) is 5.48 Å². The normalized spacial score (nSPS) is 10.3. The maximum absolute atomic E-state index is 12.7. The van der Waals surface area contributed by atoms with Crippen LogP contribution >= 0.6 is 0 Å². The number of nitrogens with one attached hydrogen (secondary N) is 3. The summed E-state index contributed by atoms with van der Waals surface area (Å²) in [7, 11) is 0. The number of nitrogens with zero attached hydrogens (tertiary/aromatic N) is 2. The highest BCUT2D eigenvalue weighted by atomic mass is 16.6. The van der Waals surface area contributed by atoms with Gasteiger partial charge in [0.1, 0.15) is 12.2 Å². The van der Waals surface area contributed by atoms with E-state index in [0.29, 0.717) is 17.9 Å². The lowest BCUT2D eigenvalue weighted by Crippen LogP contribution is -2.38. The fraction of sp³-hybridized carbons (Fsp3) is 0.316. The van der Waals surface area contributed by atoms with E-state index in [4.69, 9.17) is 16.0 Å². The van der Waals surface area contributed by atoms with Crippen molar-refractivity contribution in [2.75, 3.05) is 25.0 Å². The minimum atomic E-state index is -0.565. The summed E-state index contributed by atoms with van der Waals surface area (Å²) in [5, 5.41) is 14.5. The summed E-state index contributed by atoms with van der Waals surface area (Å²) in [6.45, 7) is 2.59. The lowest BCUT2D eigenvalue weighted by molar-refractivity contribution is -0.122. The maximum atomic E-state index is 12.7. The Morgan fingerprint density at radius 1 is 1.18 bits per heavy atom. The number of amides is 1. The second-order valence-corrected chi connectivity index (χ2v) is 6.13. The van der Waals surface area contributed by atoms with Gasteiger partial charge in [-0.3, -0.25) is 14.4 Å². The summed E-state index contributed by atoms with van der Waals surface area (Å²) < 4.78 is 1.42. The molecule has 2 rings (SSSR count). The first-order chi connectivity index (χ1) is 13.5. The Hall–Kier alpha value is -3.33. The van der Waals surface area contributed by atoms with Crippen molar-refractivity contribution in [3.05, 3.63) is 64.1 Å². The number of hydrogen-bond acceptors (Lipinski definition) is 4. The van der Waals surface area contributed by atoms with Gasteiger partial charge in [0.2, 0.25) is 11.9 Å². The van der Waals surface area contributed by atoms with Gasteiger partial charge < -0.3 is 20.9 Å². The number of anilines is 1. The van der Waals surface area contributed by atoms with E-state index in [-0.39, 0.29) is 31.2 Å². The summed E-state index contributed by atoms with van der Waals surface area (Å²) in [4.78, 5) is 29.5. The first-order valence-electron chi connectivity index (χ1n) is 8.91. The zero-order chi connectivity index (χ0) is 20.4. The molecule has 0 aliphatic rings. The SMILES string of the molecule is Cc1ccc(NCCc2ccccc2)c(=O)n1CC(=O)NCCONC(=[N])N. The van der Waals surface area contributed by atoms with Gasteiger partial charge in [-0.15, -0.1) is 5.41 Å². The lowest BCUT2D eigenvalue weighted by Gasteiger charge is -2.13. The van der Waals surface area contributed by atoms with Crippen molar-refractivity contribution in [1.29, 1.82) is 0 Å². The molecule has 9 heteroatoms. The molecule has 1 aromatic carbocycles. The number of guanidine groups is 1. The molecule has 5 N–H and O–H groups in total. The summed E-state index contributed by atoms with van der Waals surface area (Å²) >= 11 is 0. The van der Waals surface area contributed by atoms with Crippen LogP contribution in [-0.4, -0.2) is 36.1 Å². The van der Waals surface area contributed by atoms with Gasteiger partial charge in [0.15, 0.2) is 0 Å². The minimum absolute atomic E-state index is 0.0967. The van der Waals surface area contributed by atoms with Crippen LogP contribution in [0.25, 0.3) is 0 Å². The molecule has 0 bridgehead atoms. The Bertz CT molecular complexity index is 850. The molecule has 0 fully saturated rings. The number of hydrogen-bond donors (Lipinski definition) is 4. The highest BCUT2D eigenvalue weighted by molar-refractivity contribution is 5.76. The van der Waals surface area contributed by atoms with E-state index in [0.717, 1.165) is 6.42 Å². The number of rotatable bonds is 10. The molecule has 1 radical (unpaired) electrons. The molecular weight excluding hydrogens is 360 g/mol. The third kappa shape index (κ3) is 6.76. The Kier molecular flexibility index (Phi) is 8.04. The Balaban J connectivity index is 1.88. The van der Waals surface area contributed by atoms with Crippen LogP contribution in [0, 0.1) is 6.92 Å². The van der Waals surface area contributed by atoms with Gasteiger partial charge in [0, 0.05) is 18.8 Å². The van der Waals surface area contributed by atoms with E-state index in [2.05, 4.69) is 16.1 Å². The predicted octanol–water partition coefficient (Wildman–Crippen LogP) is -0.436. The van der Waals surface area contributed by atoms with E-state index in [1.54, 1.807) is 19.1 Å². The molecule has 0 unspecified atom stereocenters. The van der Waals surface area contributed by atoms with Crippen LogP contribution in [0.5, 0.6) is 0 Å². The number of nitrogens with two attached hydrogens (primary N) is 1. The summed E-state index contributed by atoms with van der Waals surface area (Å²) in [5.41, 5.74) is 9.09. The Morgan fingerprint density at radius 3 is 2.64 bits per heavy atom. The Morgan fingerprint density at radius 2 is 1.93 bits per heavy atom. The molecule has 28 heavy (non-hydrogen) atoms. The fourth-order valence-corrected chi connectivity index (χ4v) is 2.55. The van der Waals surface area contributed by atoms with Crippen LogP contribution < -0.4 is 32.8 Å². The van der Waals surface area contributed by atoms with Crippen molar-refractivity contribution in [2.24, 2.45) is 5.73 Å². The van der Waals surface area contributed by atoms with Crippen molar-refractivity contribution in [2.45, 2.75) is 19.9 Å². The monoisotopic (exact) mass is 385 g/mol. The van der Waals surface area contributed by atoms with Gasteiger partial charge >= 0.3 is 0 Å². The van der Waals surface area contributed by atoms with E-state index in [9.17, 15) is 9.59 Å². The number of hydroxylamine groups is 1. The summed E-state index contributed by atoms with van der Waals surface area (Å²) in [5.74, 6) is -0.888. The van der Waals surface area contributed by atoms with E-state index < -0.39 is 5.96 Å². The number of pyridine rings is 1. The molecule has 9 nitrogen and oxygen atoms in total. The van der Waals surface area contributed by atoms with Crippen LogP contribution in [0.4, 0.5) is 5.69 Å². The van der Waals surface area contributed by atoms with E-state index in [1.807, 2.05) is 30.3 Å². The average Bonchev–Trinajstić information content (AvgIpc) is 2.67. The van der Waals surface area contributed by atoms with Crippen molar-refractivity contribution < 1.29 is 9.63 Å². The quantitative estimate of drug-likeness (QED) is 0.190. The number of benzene rings is 1. The van der Waals surface area contributed by atoms with Gasteiger partial charge in [0.05, 0.1) is 6.61 Å². The molecule has 0 spiro atoms. The van der Waals surface area contributed by atoms with Crippen molar-refractivity contribution in [3.63, 3.8) is 0 Å². The zero-order valence-electron chi connectivity index (χ0n) is 15.8. The molecular formula is C19H25N6O3. The molecule has 0 saturated carbocycles. The third-order valence-electron chi connectivity index (χ3n) is 3.97. The molecule has 0 saturated heterocycles. The van der Waals surface area contributed by atoms with E-state index in [1.165, 1.54) is 10.1 Å². The first-order valence-corrected chi connectivity index (χ1v) is 8.91. The average molecular weight is 385 g/mol. The second kappa shape index (κ2) is 10.7. The van der Waals surface area contributed by atoms with Crippen LogP contribution in [-0.2, 0) is 22.6 Å². The number of carbonyl (C=O) groups is 1. The largest absolute Gasteiger partial charge is 0.380 e.